The predicted octanol–water partition coefficient (Wildman–Crippen LogP) is 1.61. The van der Waals surface area contributed by atoms with E-state index in [0.717, 1.165) is 4.90 Å². The number of aryl methyl sites for hydroxylation is 1. The lowest BCUT2D eigenvalue weighted by atomic mass is 10.2. The molecule has 2 amide bonds. The van der Waals surface area contributed by atoms with Crippen molar-refractivity contribution >= 4 is 39.0 Å². The summed E-state index contributed by atoms with van der Waals surface area (Å²) >= 11 is 5.78. The first-order valence-corrected chi connectivity index (χ1v) is 8.12. The molecule has 5 N–H and O–H groups in total. The van der Waals surface area contributed by atoms with Crippen LogP contribution in [0.15, 0.2) is 35.4 Å². The molecule has 23 heavy (non-hydrogen) atoms. The number of aromatic nitrogens is 1. The van der Waals surface area contributed by atoms with E-state index in [9.17, 15) is 18.3 Å². The topological polar surface area (TPSA) is 140 Å². The van der Waals surface area contributed by atoms with E-state index in [1.54, 1.807) is 13.0 Å². The predicted molar refractivity (Wildman–Crippen MR) is 85.2 cm³/mol. The molecule has 0 unspecified atom stereocenters. The Morgan fingerprint density at radius 2 is 1.96 bits per heavy atom. The van der Waals surface area contributed by atoms with E-state index in [0.29, 0.717) is 5.69 Å². The van der Waals surface area contributed by atoms with Crippen molar-refractivity contribution in [2.75, 3.05) is 4.90 Å². The lowest BCUT2D eigenvalue weighted by molar-refractivity contribution is 0.256. The van der Waals surface area contributed by atoms with Crippen LogP contribution >= 0.6 is 11.6 Å². The monoisotopic (exact) mass is 356 g/mol. The molecule has 0 saturated heterocycles. The van der Waals surface area contributed by atoms with Gasteiger partial charge in [-0.1, -0.05) is 11.6 Å². The first-order valence-electron chi connectivity index (χ1n) is 6.20. The standard InChI is InChI=1S/C13H13ClN4O4S/c1-7-9(3-2-6-17-7)18(13(15)20)10-5-4-8(14)12(11(10)19)23(16,21)22/h2-6,19H,1H3,(H2,15,20)(H2,16,21,22). The average molecular weight is 357 g/mol. The third kappa shape index (κ3) is 3.21. The molecule has 0 radical (unpaired) electrons. The highest BCUT2D eigenvalue weighted by Gasteiger charge is 2.27. The van der Waals surface area contributed by atoms with E-state index < -0.39 is 26.7 Å². The number of amides is 2. The molecular formula is C13H13ClN4O4S. The van der Waals surface area contributed by atoms with Crippen molar-refractivity contribution < 1.29 is 18.3 Å². The van der Waals surface area contributed by atoms with Crippen molar-refractivity contribution in [1.82, 2.24) is 4.98 Å². The van der Waals surface area contributed by atoms with E-state index in [-0.39, 0.29) is 16.4 Å². The van der Waals surface area contributed by atoms with Crippen LogP contribution in [0.2, 0.25) is 5.02 Å². The number of rotatable bonds is 3. The Morgan fingerprint density at radius 1 is 1.30 bits per heavy atom. The molecule has 10 heteroatoms. The maximum Gasteiger partial charge on any atom is 0.324 e. The summed E-state index contributed by atoms with van der Waals surface area (Å²) in [5, 5.41) is 15.0. The Hall–Kier alpha value is -2.36. The lowest BCUT2D eigenvalue weighted by Crippen LogP contribution is -2.32. The molecule has 1 aromatic carbocycles. The molecule has 0 bridgehead atoms. The van der Waals surface area contributed by atoms with Gasteiger partial charge in [0.25, 0.3) is 0 Å². The number of hydrogen-bond acceptors (Lipinski definition) is 5. The minimum atomic E-state index is -4.31. The second-order valence-corrected chi connectivity index (χ2v) is 6.48. The van der Waals surface area contributed by atoms with E-state index in [1.165, 1.54) is 24.4 Å². The van der Waals surface area contributed by atoms with Crippen molar-refractivity contribution in [3.8, 4) is 5.75 Å². The van der Waals surface area contributed by atoms with Gasteiger partial charge in [-0.3, -0.25) is 9.88 Å². The smallest absolute Gasteiger partial charge is 0.324 e. The number of urea groups is 1. The molecule has 0 aliphatic heterocycles. The zero-order valence-electron chi connectivity index (χ0n) is 11.9. The molecule has 0 fully saturated rings. The number of halogens is 1. The van der Waals surface area contributed by atoms with Gasteiger partial charge in [0.15, 0.2) is 5.75 Å². The fourth-order valence-corrected chi connectivity index (χ4v) is 3.26. The number of anilines is 2. The molecule has 0 aliphatic rings. The summed E-state index contributed by atoms with van der Waals surface area (Å²) in [5.74, 6) is -0.776. The van der Waals surface area contributed by atoms with Crippen molar-refractivity contribution in [3.63, 3.8) is 0 Å². The van der Waals surface area contributed by atoms with Crippen molar-refractivity contribution in [2.45, 2.75) is 11.8 Å². The normalized spacial score (nSPS) is 11.3. The summed E-state index contributed by atoms with van der Waals surface area (Å²) in [4.78, 5) is 16.1. The van der Waals surface area contributed by atoms with Gasteiger partial charge in [0.1, 0.15) is 4.90 Å². The largest absolute Gasteiger partial charge is 0.504 e. The SMILES string of the molecule is Cc1ncccc1N(C(N)=O)c1ccc(Cl)c(S(N)(=O)=O)c1O. The molecule has 122 valence electrons. The van der Waals surface area contributed by atoms with E-state index in [1.807, 2.05) is 0 Å². The maximum absolute atomic E-state index is 11.8. The zero-order valence-corrected chi connectivity index (χ0v) is 13.5. The van der Waals surface area contributed by atoms with Gasteiger partial charge in [0.05, 0.1) is 22.1 Å². The maximum atomic E-state index is 11.8. The quantitative estimate of drug-likeness (QED) is 0.766. The van der Waals surface area contributed by atoms with Crippen LogP contribution in [0.3, 0.4) is 0 Å². The molecular weight excluding hydrogens is 344 g/mol. The number of nitrogens with zero attached hydrogens (tertiary/aromatic N) is 2. The van der Waals surface area contributed by atoms with Gasteiger partial charge in [-0.2, -0.15) is 0 Å². The molecule has 1 aromatic heterocycles. The number of aromatic hydroxyl groups is 1. The third-order valence-corrected chi connectivity index (χ3v) is 4.44. The number of phenols is 1. The second kappa shape index (κ2) is 6.03. The summed E-state index contributed by atoms with van der Waals surface area (Å²) in [6.07, 6.45) is 1.51. The molecule has 0 saturated carbocycles. The second-order valence-electron chi connectivity index (χ2n) is 4.57. The number of primary sulfonamides is 1. The van der Waals surface area contributed by atoms with Crippen LogP contribution in [0, 0.1) is 6.92 Å². The van der Waals surface area contributed by atoms with Gasteiger partial charge >= 0.3 is 6.03 Å². The zero-order chi connectivity index (χ0) is 17.4. The Labute approximate surface area is 137 Å². The minimum absolute atomic E-state index is 0.179. The molecule has 8 nitrogen and oxygen atoms in total. The van der Waals surface area contributed by atoms with E-state index in [4.69, 9.17) is 22.5 Å². The highest BCUT2D eigenvalue weighted by molar-refractivity contribution is 7.89. The van der Waals surface area contributed by atoms with Crippen LogP contribution in [0.5, 0.6) is 5.75 Å². The third-order valence-electron chi connectivity index (χ3n) is 3.03. The summed E-state index contributed by atoms with van der Waals surface area (Å²) in [7, 11) is -4.31. The molecule has 2 rings (SSSR count). The van der Waals surface area contributed by atoms with Crippen molar-refractivity contribution in [2.24, 2.45) is 10.9 Å². The number of nitrogens with two attached hydrogens (primary N) is 2. The summed E-state index contributed by atoms with van der Waals surface area (Å²) in [6.45, 7) is 1.62. The Morgan fingerprint density at radius 3 is 2.48 bits per heavy atom. The highest BCUT2D eigenvalue weighted by Crippen LogP contribution is 2.41. The highest BCUT2D eigenvalue weighted by atomic mass is 35.5. The summed E-state index contributed by atoms with van der Waals surface area (Å²) in [6, 6.07) is 4.60. The van der Waals surface area contributed by atoms with Crippen LogP contribution in [0.4, 0.5) is 16.2 Å². The van der Waals surface area contributed by atoms with Gasteiger partial charge in [-0.15, -0.1) is 0 Å². The fraction of sp³-hybridized carbons (Fsp3) is 0.0769. The lowest BCUT2D eigenvalue weighted by Gasteiger charge is -2.23. The number of sulfonamides is 1. The summed E-state index contributed by atoms with van der Waals surface area (Å²) < 4.78 is 23.2. The summed E-state index contributed by atoms with van der Waals surface area (Å²) in [5.41, 5.74) is 5.91. The molecule has 1 heterocycles. The van der Waals surface area contributed by atoms with Gasteiger partial charge in [-0.25, -0.2) is 18.4 Å². The number of primary amides is 1. The Kier molecular flexibility index (Phi) is 4.46. The molecule has 2 aromatic rings. The van der Waals surface area contributed by atoms with Gasteiger partial charge in [-0.05, 0) is 31.2 Å². The Bertz CT molecular complexity index is 886. The molecule has 0 spiro atoms. The number of carbonyl (C=O) groups excluding carboxylic acids is 1. The number of benzene rings is 1. The van der Waals surface area contributed by atoms with Crippen LogP contribution in [0.1, 0.15) is 5.69 Å². The van der Waals surface area contributed by atoms with E-state index in [2.05, 4.69) is 4.98 Å². The first kappa shape index (κ1) is 17.0. The molecule has 0 aliphatic carbocycles. The van der Waals surface area contributed by atoms with Crippen LogP contribution in [-0.4, -0.2) is 24.5 Å². The van der Waals surface area contributed by atoms with Gasteiger partial charge in [0.2, 0.25) is 10.0 Å². The van der Waals surface area contributed by atoms with Gasteiger partial charge < -0.3 is 10.8 Å². The number of pyridine rings is 1. The van der Waals surface area contributed by atoms with Gasteiger partial charge in [0, 0.05) is 6.20 Å². The number of hydrogen-bond donors (Lipinski definition) is 3. The first-order chi connectivity index (χ1) is 10.6. The van der Waals surface area contributed by atoms with Crippen LogP contribution in [0.25, 0.3) is 0 Å². The molecule has 0 atom stereocenters. The Balaban J connectivity index is 2.77. The van der Waals surface area contributed by atoms with Crippen molar-refractivity contribution in [1.29, 1.82) is 0 Å². The number of phenolic OH excluding ortho intramolecular Hbond substituents is 1. The average Bonchev–Trinajstić information content (AvgIpc) is 2.41. The van der Waals surface area contributed by atoms with E-state index >= 15 is 0 Å². The fourth-order valence-electron chi connectivity index (χ4n) is 2.07. The van der Waals surface area contributed by atoms with Crippen molar-refractivity contribution in [3.05, 3.63) is 41.2 Å². The van der Waals surface area contributed by atoms with Crippen LogP contribution < -0.4 is 15.8 Å². The minimum Gasteiger partial charge on any atom is -0.504 e. The number of carbonyl (C=O) groups is 1. The van der Waals surface area contributed by atoms with Crippen LogP contribution in [-0.2, 0) is 10.0 Å².